The SMILES string of the molecule is CCCC1(C)CCCN(C(=NC)NCCS(=O)(=O)N2CCOCC2)C1.I. The molecule has 0 saturated carbocycles. The fraction of sp³-hybridized carbons (Fsp3) is 0.941. The van der Waals surface area contributed by atoms with Gasteiger partial charge >= 0.3 is 0 Å². The maximum atomic E-state index is 12.4. The highest BCUT2D eigenvalue weighted by Gasteiger charge is 2.31. The number of piperidine rings is 1. The van der Waals surface area contributed by atoms with Crippen molar-refractivity contribution in [2.24, 2.45) is 10.4 Å². The van der Waals surface area contributed by atoms with E-state index < -0.39 is 10.0 Å². The van der Waals surface area contributed by atoms with Crippen LogP contribution in [-0.4, -0.2) is 82.3 Å². The molecule has 26 heavy (non-hydrogen) atoms. The highest BCUT2D eigenvalue weighted by molar-refractivity contribution is 14.0. The fourth-order valence-corrected chi connectivity index (χ4v) is 5.21. The van der Waals surface area contributed by atoms with Crippen molar-refractivity contribution < 1.29 is 13.2 Å². The van der Waals surface area contributed by atoms with Crippen molar-refractivity contribution in [1.82, 2.24) is 14.5 Å². The summed E-state index contributed by atoms with van der Waals surface area (Å²) < 4.78 is 31.5. The Labute approximate surface area is 176 Å². The van der Waals surface area contributed by atoms with Crippen molar-refractivity contribution in [2.45, 2.75) is 39.5 Å². The number of nitrogens with zero attached hydrogens (tertiary/aromatic N) is 3. The summed E-state index contributed by atoms with van der Waals surface area (Å²) in [6.45, 7) is 8.80. The molecule has 2 saturated heterocycles. The zero-order chi connectivity index (χ0) is 18.3. The van der Waals surface area contributed by atoms with Crippen LogP contribution in [0, 0.1) is 5.41 Å². The number of ether oxygens (including phenoxy) is 1. The van der Waals surface area contributed by atoms with E-state index in [-0.39, 0.29) is 29.7 Å². The number of hydrogen-bond acceptors (Lipinski definition) is 4. The van der Waals surface area contributed by atoms with E-state index in [4.69, 9.17) is 4.74 Å². The highest BCUT2D eigenvalue weighted by Crippen LogP contribution is 2.33. The van der Waals surface area contributed by atoms with Gasteiger partial charge in [-0.1, -0.05) is 20.3 Å². The van der Waals surface area contributed by atoms with Crippen molar-refractivity contribution in [3.63, 3.8) is 0 Å². The largest absolute Gasteiger partial charge is 0.379 e. The lowest BCUT2D eigenvalue weighted by Gasteiger charge is -2.42. The summed E-state index contributed by atoms with van der Waals surface area (Å²) in [6, 6.07) is 0. The summed E-state index contributed by atoms with van der Waals surface area (Å²) >= 11 is 0. The third-order valence-corrected chi connectivity index (χ3v) is 7.02. The van der Waals surface area contributed by atoms with Crippen LogP contribution in [0.2, 0.25) is 0 Å². The highest BCUT2D eigenvalue weighted by atomic mass is 127. The Morgan fingerprint density at radius 2 is 1.96 bits per heavy atom. The zero-order valence-corrected chi connectivity index (χ0v) is 19.5. The summed E-state index contributed by atoms with van der Waals surface area (Å²) in [6.07, 6.45) is 4.81. The Kier molecular flexibility index (Phi) is 10.1. The summed E-state index contributed by atoms with van der Waals surface area (Å²) in [5.41, 5.74) is 0.324. The van der Waals surface area contributed by atoms with Crippen molar-refractivity contribution >= 4 is 40.0 Å². The molecule has 0 aromatic carbocycles. The van der Waals surface area contributed by atoms with Crippen LogP contribution in [-0.2, 0) is 14.8 Å². The third kappa shape index (κ3) is 6.79. The molecule has 9 heteroatoms. The molecule has 0 amide bonds. The van der Waals surface area contributed by atoms with E-state index in [0.717, 1.165) is 25.5 Å². The van der Waals surface area contributed by atoms with E-state index in [1.54, 1.807) is 7.05 Å². The van der Waals surface area contributed by atoms with Crippen LogP contribution in [0.4, 0.5) is 0 Å². The van der Waals surface area contributed by atoms with Crippen LogP contribution in [0.15, 0.2) is 4.99 Å². The van der Waals surface area contributed by atoms with Crippen LogP contribution < -0.4 is 5.32 Å². The second-order valence-corrected chi connectivity index (χ2v) is 9.48. The molecule has 7 nitrogen and oxygen atoms in total. The molecule has 2 fully saturated rings. The third-order valence-electron chi connectivity index (χ3n) is 5.15. The molecule has 0 aromatic heterocycles. The standard InChI is InChI=1S/C17H34N4O3S.HI/c1-4-6-17(2)7-5-9-20(15-17)16(18-3)19-8-14-25(22,23)21-10-12-24-13-11-21;/h4-15H2,1-3H3,(H,18,19);1H. The van der Waals surface area contributed by atoms with Gasteiger partial charge in [0.15, 0.2) is 5.96 Å². The summed E-state index contributed by atoms with van der Waals surface area (Å²) in [7, 11) is -1.46. The molecule has 154 valence electrons. The number of guanidine groups is 1. The molecule has 2 rings (SSSR count). The maximum absolute atomic E-state index is 12.4. The Bertz CT molecular complexity index is 548. The van der Waals surface area contributed by atoms with Gasteiger partial charge in [-0.3, -0.25) is 4.99 Å². The Morgan fingerprint density at radius 1 is 1.27 bits per heavy atom. The predicted octanol–water partition coefficient (Wildman–Crippen LogP) is 1.74. The number of halogens is 1. The second-order valence-electron chi connectivity index (χ2n) is 7.39. The second kappa shape index (κ2) is 11.0. The van der Waals surface area contributed by atoms with Crippen molar-refractivity contribution in [1.29, 1.82) is 0 Å². The minimum Gasteiger partial charge on any atom is -0.379 e. The molecule has 1 atom stereocenters. The van der Waals surface area contributed by atoms with Gasteiger partial charge in [0.1, 0.15) is 0 Å². The van der Waals surface area contributed by atoms with E-state index in [2.05, 4.69) is 29.1 Å². The number of aliphatic imine (C=N–C) groups is 1. The van der Waals surface area contributed by atoms with Crippen LogP contribution >= 0.6 is 24.0 Å². The molecular formula is C17H35IN4O3S. The fourth-order valence-electron chi connectivity index (χ4n) is 3.88. The molecule has 0 bridgehead atoms. The number of sulfonamides is 1. The van der Waals surface area contributed by atoms with Gasteiger partial charge in [-0.05, 0) is 24.7 Å². The first-order valence-electron chi connectivity index (χ1n) is 9.41. The minimum absolute atomic E-state index is 0. The first-order chi connectivity index (χ1) is 11.9. The predicted molar refractivity (Wildman–Crippen MR) is 117 cm³/mol. The Balaban J connectivity index is 0.00000338. The van der Waals surface area contributed by atoms with Crippen LogP contribution in [0.1, 0.15) is 39.5 Å². The number of rotatable bonds is 6. The lowest BCUT2D eigenvalue weighted by Crippen LogP contribution is -2.51. The number of nitrogens with one attached hydrogen (secondary N) is 1. The number of hydrogen-bond donors (Lipinski definition) is 1. The normalized spacial score (nSPS) is 25.7. The molecule has 0 aromatic rings. The van der Waals surface area contributed by atoms with Gasteiger partial charge in [0, 0.05) is 39.8 Å². The lowest BCUT2D eigenvalue weighted by atomic mass is 9.78. The quantitative estimate of drug-likeness (QED) is 0.341. The van der Waals surface area contributed by atoms with Gasteiger partial charge in [-0.2, -0.15) is 4.31 Å². The van der Waals surface area contributed by atoms with Crippen molar-refractivity contribution in [3.8, 4) is 0 Å². The van der Waals surface area contributed by atoms with E-state index in [0.29, 0.717) is 38.3 Å². The average molecular weight is 502 g/mol. The van der Waals surface area contributed by atoms with Crippen LogP contribution in [0.25, 0.3) is 0 Å². The molecule has 1 unspecified atom stereocenters. The van der Waals surface area contributed by atoms with E-state index in [1.165, 1.54) is 23.6 Å². The van der Waals surface area contributed by atoms with Gasteiger partial charge in [-0.15, -0.1) is 24.0 Å². The summed E-state index contributed by atoms with van der Waals surface area (Å²) in [5, 5.41) is 3.25. The molecule has 1 N–H and O–H groups in total. The number of likely N-dealkylation sites (tertiary alicyclic amines) is 1. The molecule has 2 aliphatic heterocycles. The average Bonchev–Trinajstić information content (AvgIpc) is 2.59. The monoisotopic (exact) mass is 502 g/mol. The van der Waals surface area contributed by atoms with Crippen molar-refractivity contribution in [3.05, 3.63) is 0 Å². The van der Waals surface area contributed by atoms with Crippen LogP contribution in [0.5, 0.6) is 0 Å². The van der Waals surface area contributed by atoms with Gasteiger partial charge in [0.05, 0.1) is 19.0 Å². The molecule has 0 radical (unpaired) electrons. The first kappa shape index (κ1) is 23.9. The van der Waals surface area contributed by atoms with Gasteiger partial charge in [0.2, 0.25) is 10.0 Å². The zero-order valence-electron chi connectivity index (χ0n) is 16.4. The molecular weight excluding hydrogens is 467 g/mol. The topological polar surface area (TPSA) is 74.2 Å². The van der Waals surface area contributed by atoms with Crippen molar-refractivity contribution in [2.75, 3.05) is 58.7 Å². The van der Waals surface area contributed by atoms with Gasteiger partial charge in [0.25, 0.3) is 0 Å². The molecule has 0 spiro atoms. The smallest absolute Gasteiger partial charge is 0.215 e. The summed E-state index contributed by atoms with van der Waals surface area (Å²) in [5.74, 6) is 0.908. The van der Waals surface area contributed by atoms with Gasteiger partial charge < -0.3 is 15.0 Å². The Morgan fingerprint density at radius 3 is 2.58 bits per heavy atom. The molecule has 0 aliphatic carbocycles. The molecule has 2 heterocycles. The summed E-state index contributed by atoms with van der Waals surface area (Å²) in [4.78, 5) is 6.65. The van der Waals surface area contributed by atoms with E-state index in [9.17, 15) is 8.42 Å². The van der Waals surface area contributed by atoms with Gasteiger partial charge in [-0.25, -0.2) is 8.42 Å². The Hall–Kier alpha value is -0.130. The number of morpholine rings is 1. The lowest BCUT2D eigenvalue weighted by molar-refractivity contribution is 0.0730. The van der Waals surface area contributed by atoms with E-state index in [1.807, 2.05) is 0 Å². The first-order valence-corrected chi connectivity index (χ1v) is 11.0. The molecule has 2 aliphatic rings. The minimum atomic E-state index is -3.23. The van der Waals surface area contributed by atoms with E-state index >= 15 is 0 Å². The van der Waals surface area contributed by atoms with Crippen LogP contribution in [0.3, 0.4) is 0 Å². The maximum Gasteiger partial charge on any atom is 0.215 e.